The van der Waals surface area contributed by atoms with E-state index < -0.39 is 28.7 Å². The zero-order chi connectivity index (χ0) is 18.9. The first-order valence-electron chi connectivity index (χ1n) is 9.12. The molecule has 4 aliphatic rings. The van der Waals surface area contributed by atoms with Gasteiger partial charge < -0.3 is 14.9 Å². The van der Waals surface area contributed by atoms with Crippen LogP contribution in [0.5, 0.6) is 0 Å². The molecule has 3 aliphatic carbocycles. The molecular weight excluding hydrogens is 332 g/mol. The number of aliphatic hydroxyl groups is 2. The average molecular weight is 356 g/mol. The molecule has 0 bridgehead atoms. The predicted octanol–water partition coefficient (Wildman–Crippen LogP) is 2.01. The van der Waals surface area contributed by atoms with Crippen molar-refractivity contribution in [2.75, 3.05) is 0 Å². The quantitative estimate of drug-likeness (QED) is 0.555. The van der Waals surface area contributed by atoms with Gasteiger partial charge in [-0.25, -0.2) is 4.79 Å². The van der Waals surface area contributed by atoms with E-state index in [1.165, 1.54) is 6.08 Å². The van der Waals surface area contributed by atoms with Crippen LogP contribution in [-0.2, 0) is 14.3 Å². The van der Waals surface area contributed by atoms with Crippen molar-refractivity contribution in [3.05, 3.63) is 48.1 Å². The standard InChI is InChI=1S/C21H24O5/c1-12-7-8-14-13(2)18(23)26-17(14)19(3)16(22)15(11-21(12,19)25)20(24)9-5-4-6-10-20/h4-6,9,11-12,14,17,24-25H,2,7-8,10H2,1,3H3. The Labute approximate surface area is 152 Å². The number of hydrogen-bond donors (Lipinski definition) is 2. The van der Waals surface area contributed by atoms with E-state index in [1.807, 2.05) is 13.0 Å². The lowest BCUT2D eigenvalue weighted by Crippen LogP contribution is -2.57. The molecule has 138 valence electrons. The molecular formula is C21H24O5. The molecule has 6 unspecified atom stereocenters. The van der Waals surface area contributed by atoms with E-state index in [4.69, 9.17) is 4.74 Å². The van der Waals surface area contributed by atoms with Gasteiger partial charge in [-0.15, -0.1) is 0 Å². The van der Waals surface area contributed by atoms with Crippen molar-refractivity contribution in [3.63, 3.8) is 0 Å². The lowest BCUT2D eigenvalue weighted by atomic mass is 9.64. The highest BCUT2D eigenvalue weighted by atomic mass is 16.6. The molecule has 0 aromatic heterocycles. The summed E-state index contributed by atoms with van der Waals surface area (Å²) in [6.07, 6.45) is 9.17. The van der Waals surface area contributed by atoms with Crippen molar-refractivity contribution in [1.82, 2.24) is 0 Å². The highest BCUT2D eigenvalue weighted by molar-refractivity contribution is 6.07. The number of carbonyl (C=O) groups excluding carboxylic acids is 2. The molecule has 0 amide bonds. The minimum absolute atomic E-state index is 0.184. The minimum Gasteiger partial charge on any atom is -0.457 e. The van der Waals surface area contributed by atoms with Gasteiger partial charge in [0.15, 0.2) is 5.78 Å². The van der Waals surface area contributed by atoms with Gasteiger partial charge in [0.2, 0.25) is 0 Å². The third-order valence-electron chi connectivity index (χ3n) is 6.97. The Balaban J connectivity index is 1.86. The SMILES string of the molecule is C=C1C(=O)OC2C1CCC(C)C1(O)C=C(C3(O)C=CC=CC3)C(=O)C21C. The van der Waals surface area contributed by atoms with Crippen molar-refractivity contribution < 1.29 is 24.5 Å². The number of ketones is 1. The molecule has 4 rings (SSSR count). The van der Waals surface area contributed by atoms with Crippen LogP contribution < -0.4 is 0 Å². The second-order valence-electron chi connectivity index (χ2n) is 8.27. The number of ether oxygens (including phenoxy) is 1. The molecule has 5 heteroatoms. The molecule has 1 aliphatic heterocycles. The first-order chi connectivity index (χ1) is 12.1. The molecule has 1 heterocycles. The van der Waals surface area contributed by atoms with Crippen LogP contribution in [0, 0.1) is 17.3 Å². The maximum atomic E-state index is 13.6. The summed E-state index contributed by atoms with van der Waals surface area (Å²) in [7, 11) is 0. The third-order valence-corrected chi connectivity index (χ3v) is 6.97. The van der Waals surface area contributed by atoms with Crippen molar-refractivity contribution in [2.45, 2.75) is 50.4 Å². The van der Waals surface area contributed by atoms with Crippen LogP contribution in [0.15, 0.2) is 48.1 Å². The maximum absolute atomic E-state index is 13.6. The number of fused-ring (bicyclic) bond motifs is 3. The van der Waals surface area contributed by atoms with Crippen molar-refractivity contribution in [1.29, 1.82) is 0 Å². The highest BCUT2D eigenvalue weighted by Gasteiger charge is 2.69. The van der Waals surface area contributed by atoms with Gasteiger partial charge in [-0.3, -0.25) is 4.79 Å². The van der Waals surface area contributed by atoms with Crippen molar-refractivity contribution >= 4 is 11.8 Å². The van der Waals surface area contributed by atoms with Crippen LogP contribution in [-0.4, -0.2) is 39.3 Å². The number of Topliss-reactive ketones (excluding diaryl/α,β-unsaturated/α-hetero) is 1. The fraction of sp³-hybridized carbons (Fsp3) is 0.524. The number of esters is 1. The summed E-state index contributed by atoms with van der Waals surface area (Å²) >= 11 is 0. The minimum atomic E-state index is -1.49. The maximum Gasteiger partial charge on any atom is 0.334 e. The lowest BCUT2D eigenvalue weighted by Gasteiger charge is -2.43. The van der Waals surface area contributed by atoms with Gasteiger partial charge in [0.1, 0.15) is 22.7 Å². The smallest absolute Gasteiger partial charge is 0.334 e. The van der Waals surface area contributed by atoms with E-state index in [2.05, 4.69) is 6.58 Å². The van der Waals surface area contributed by atoms with Crippen LogP contribution in [0.2, 0.25) is 0 Å². The first-order valence-corrected chi connectivity index (χ1v) is 9.12. The molecule has 1 saturated heterocycles. The van der Waals surface area contributed by atoms with E-state index in [0.717, 1.165) is 0 Å². The Morgan fingerprint density at radius 2 is 1.96 bits per heavy atom. The van der Waals surface area contributed by atoms with Gasteiger partial charge in [-0.1, -0.05) is 31.7 Å². The average Bonchev–Trinajstić information content (AvgIpc) is 2.99. The molecule has 26 heavy (non-hydrogen) atoms. The topological polar surface area (TPSA) is 83.8 Å². The van der Waals surface area contributed by atoms with Gasteiger partial charge >= 0.3 is 5.97 Å². The predicted molar refractivity (Wildman–Crippen MR) is 94.9 cm³/mol. The molecule has 1 saturated carbocycles. The highest BCUT2D eigenvalue weighted by Crippen LogP contribution is 2.59. The molecule has 6 atom stereocenters. The van der Waals surface area contributed by atoms with Gasteiger partial charge in [-0.05, 0) is 37.8 Å². The number of hydrogen-bond acceptors (Lipinski definition) is 5. The van der Waals surface area contributed by atoms with Crippen LogP contribution >= 0.6 is 0 Å². The fourth-order valence-corrected chi connectivity index (χ4v) is 5.14. The first kappa shape index (κ1) is 17.4. The van der Waals surface area contributed by atoms with Gasteiger partial charge in [0.05, 0.1) is 0 Å². The van der Waals surface area contributed by atoms with E-state index in [1.54, 1.807) is 25.2 Å². The van der Waals surface area contributed by atoms with Crippen LogP contribution in [0.3, 0.4) is 0 Å². The Kier molecular flexibility index (Phi) is 3.53. The van der Waals surface area contributed by atoms with Crippen molar-refractivity contribution in [3.8, 4) is 0 Å². The van der Waals surface area contributed by atoms with Crippen LogP contribution in [0.25, 0.3) is 0 Å². The van der Waals surface area contributed by atoms with E-state index in [0.29, 0.717) is 18.4 Å². The summed E-state index contributed by atoms with van der Waals surface area (Å²) in [4.78, 5) is 25.7. The van der Waals surface area contributed by atoms with E-state index >= 15 is 0 Å². The second kappa shape index (κ2) is 5.27. The number of allylic oxidation sites excluding steroid dienone is 2. The largest absolute Gasteiger partial charge is 0.457 e. The molecule has 0 aromatic rings. The molecule has 0 spiro atoms. The van der Waals surface area contributed by atoms with E-state index in [-0.39, 0.29) is 29.6 Å². The zero-order valence-corrected chi connectivity index (χ0v) is 15.1. The summed E-state index contributed by atoms with van der Waals surface area (Å²) in [6.45, 7) is 7.41. The zero-order valence-electron chi connectivity index (χ0n) is 15.1. The summed E-state index contributed by atoms with van der Waals surface area (Å²) < 4.78 is 5.56. The van der Waals surface area contributed by atoms with Crippen molar-refractivity contribution in [2.24, 2.45) is 17.3 Å². The Hall–Kier alpha value is -1.98. The number of carbonyl (C=O) groups is 2. The molecule has 0 radical (unpaired) electrons. The van der Waals surface area contributed by atoms with Crippen LogP contribution in [0.4, 0.5) is 0 Å². The normalized spacial score (nSPS) is 47.3. The second-order valence-corrected chi connectivity index (χ2v) is 8.27. The Bertz CT molecular complexity index is 805. The molecule has 2 N–H and O–H groups in total. The van der Waals surface area contributed by atoms with Gasteiger partial charge in [-0.2, -0.15) is 0 Å². The van der Waals surface area contributed by atoms with Gasteiger partial charge in [0, 0.05) is 23.5 Å². The molecule has 5 nitrogen and oxygen atoms in total. The molecule has 2 fully saturated rings. The monoisotopic (exact) mass is 356 g/mol. The summed E-state index contributed by atoms with van der Waals surface area (Å²) in [5.74, 6) is -1.37. The summed E-state index contributed by atoms with van der Waals surface area (Å²) in [5, 5.41) is 22.7. The van der Waals surface area contributed by atoms with Crippen LogP contribution in [0.1, 0.15) is 33.1 Å². The lowest BCUT2D eigenvalue weighted by molar-refractivity contribution is -0.166. The fourth-order valence-electron chi connectivity index (χ4n) is 5.14. The van der Waals surface area contributed by atoms with Gasteiger partial charge in [0.25, 0.3) is 0 Å². The summed E-state index contributed by atoms with van der Waals surface area (Å²) in [5.41, 5.74) is -3.74. The Morgan fingerprint density at radius 3 is 2.62 bits per heavy atom. The van der Waals surface area contributed by atoms with E-state index in [9.17, 15) is 19.8 Å². The number of rotatable bonds is 1. The summed E-state index contributed by atoms with van der Waals surface area (Å²) in [6, 6.07) is 0. The molecule has 0 aromatic carbocycles. The third kappa shape index (κ3) is 1.93. The Morgan fingerprint density at radius 1 is 1.23 bits per heavy atom.